The predicted molar refractivity (Wildman–Crippen MR) is 37.6 cm³/mol. The van der Waals surface area contributed by atoms with Gasteiger partial charge in [0.1, 0.15) is 12.2 Å². The van der Waals surface area contributed by atoms with Crippen LogP contribution in [0, 0.1) is 0 Å². The largest absolute Gasteiger partial charge is 0.388 e. The highest BCUT2D eigenvalue weighted by Gasteiger charge is 2.27. The Labute approximate surface area is 60.7 Å². The number of carbonyl (C=O) groups is 1. The lowest BCUT2D eigenvalue weighted by atomic mass is 9.96. The summed E-state index contributed by atoms with van der Waals surface area (Å²) >= 11 is 0. The van der Waals surface area contributed by atoms with Gasteiger partial charge in [-0.05, 0) is 13.3 Å². The molecule has 3 heteroatoms. The van der Waals surface area contributed by atoms with Gasteiger partial charge < -0.3 is 10.2 Å². The van der Waals surface area contributed by atoms with Crippen LogP contribution >= 0.6 is 0 Å². The minimum atomic E-state index is -1.33. The maximum absolute atomic E-state index is 10.7. The molecular formula is C7H14O3. The van der Waals surface area contributed by atoms with Crippen LogP contribution in [0.5, 0.6) is 0 Å². The smallest absolute Gasteiger partial charge is 0.189 e. The summed E-state index contributed by atoms with van der Waals surface area (Å²) in [5.74, 6) is -0.505. The molecule has 3 nitrogen and oxygen atoms in total. The highest BCUT2D eigenvalue weighted by molar-refractivity contribution is 5.87. The first-order valence-electron chi connectivity index (χ1n) is 3.41. The van der Waals surface area contributed by atoms with Crippen molar-refractivity contribution in [3.63, 3.8) is 0 Å². The Morgan fingerprint density at radius 3 is 2.40 bits per heavy atom. The molecule has 60 valence electrons. The first kappa shape index (κ1) is 9.59. The van der Waals surface area contributed by atoms with E-state index in [-0.39, 0.29) is 0 Å². The summed E-state index contributed by atoms with van der Waals surface area (Å²) in [6, 6.07) is 0. The van der Waals surface area contributed by atoms with Crippen molar-refractivity contribution in [3.05, 3.63) is 0 Å². The van der Waals surface area contributed by atoms with E-state index in [2.05, 4.69) is 0 Å². The summed E-state index contributed by atoms with van der Waals surface area (Å²) in [7, 11) is 0. The second kappa shape index (κ2) is 3.68. The van der Waals surface area contributed by atoms with E-state index in [1.807, 2.05) is 6.92 Å². The minimum absolute atomic E-state index is 0.409. The molecule has 0 rings (SSSR count). The topological polar surface area (TPSA) is 57.5 Å². The van der Waals surface area contributed by atoms with Crippen LogP contribution in [0.3, 0.4) is 0 Å². The van der Waals surface area contributed by atoms with Crippen LogP contribution < -0.4 is 0 Å². The molecule has 0 aliphatic carbocycles. The third-order valence-electron chi connectivity index (χ3n) is 1.48. The van der Waals surface area contributed by atoms with Crippen LogP contribution in [0.4, 0.5) is 0 Å². The van der Waals surface area contributed by atoms with E-state index in [1.165, 1.54) is 6.92 Å². The molecule has 0 saturated carbocycles. The van der Waals surface area contributed by atoms with Crippen LogP contribution in [0.2, 0.25) is 0 Å². The van der Waals surface area contributed by atoms with Crippen molar-refractivity contribution in [2.45, 2.75) is 32.3 Å². The molecule has 0 spiro atoms. The van der Waals surface area contributed by atoms with Gasteiger partial charge in [-0.1, -0.05) is 13.3 Å². The SMILES string of the molecule is CCCC(C)(O)C(=O)CO. The Kier molecular flexibility index (Phi) is 3.53. The van der Waals surface area contributed by atoms with Crippen molar-refractivity contribution in [1.29, 1.82) is 0 Å². The molecular weight excluding hydrogens is 132 g/mol. The maximum Gasteiger partial charge on any atom is 0.189 e. The van der Waals surface area contributed by atoms with Crippen LogP contribution in [-0.2, 0) is 4.79 Å². The van der Waals surface area contributed by atoms with Crippen LogP contribution in [0.1, 0.15) is 26.7 Å². The Morgan fingerprint density at radius 2 is 2.10 bits per heavy atom. The molecule has 0 bridgehead atoms. The summed E-state index contributed by atoms with van der Waals surface area (Å²) in [5.41, 5.74) is -1.33. The fourth-order valence-corrected chi connectivity index (χ4v) is 0.797. The van der Waals surface area contributed by atoms with Crippen molar-refractivity contribution >= 4 is 5.78 Å². The molecule has 0 aromatic rings. The predicted octanol–water partition coefficient (Wildman–Crippen LogP) is 0.0989. The summed E-state index contributed by atoms with van der Waals surface area (Å²) in [6.45, 7) is 2.72. The van der Waals surface area contributed by atoms with Gasteiger partial charge in [0, 0.05) is 0 Å². The molecule has 2 N–H and O–H groups in total. The maximum atomic E-state index is 10.7. The number of aliphatic hydroxyl groups excluding tert-OH is 1. The quantitative estimate of drug-likeness (QED) is 0.591. The van der Waals surface area contributed by atoms with Crippen LogP contribution in [-0.4, -0.2) is 28.2 Å². The van der Waals surface area contributed by atoms with Gasteiger partial charge in [0.25, 0.3) is 0 Å². The molecule has 0 aliphatic rings. The third-order valence-corrected chi connectivity index (χ3v) is 1.48. The molecule has 0 aliphatic heterocycles. The third kappa shape index (κ3) is 2.45. The highest BCUT2D eigenvalue weighted by Crippen LogP contribution is 2.12. The zero-order valence-corrected chi connectivity index (χ0v) is 6.42. The van der Waals surface area contributed by atoms with Gasteiger partial charge in [-0.25, -0.2) is 0 Å². The Balaban J connectivity index is 3.96. The van der Waals surface area contributed by atoms with Gasteiger partial charge in [0.2, 0.25) is 0 Å². The number of hydrogen-bond donors (Lipinski definition) is 2. The van der Waals surface area contributed by atoms with Crippen LogP contribution in [0.25, 0.3) is 0 Å². The van der Waals surface area contributed by atoms with Gasteiger partial charge in [-0.2, -0.15) is 0 Å². The number of hydrogen-bond acceptors (Lipinski definition) is 3. The van der Waals surface area contributed by atoms with Crippen molar-refractivity contribution in [3.8, 4) is 0 Å². The summed E-state index contributed by atoms with van der Waals surface area (Å²) in [5, 5.41) is 17.7. The van der Waals surface area contributed by atoms with E-state index < -0.39 is 18.0 Å². The Hall–Kier alpha value is -0.410. The standard InChI is InChI=1S/C7H14O3/c1-3-4-7(2,10)6(9)5-8/h8,10H,3-5H2,1-2H3. The summed E-state index contributed by atoms with van der Waals surface area (Å²) in [6.07, 6.45) is 1.14. The molecule has 0 radical (unpaired) electrons. The number of carbonyl (C=O) groups excluding carboxylic acids is 1. The number of rotatable bonds is 4. The monoisotopic (exact) mass is 146 g/mol. The van der Waals surface area contributed by atoms with E-state index in [4.69, 9.17) is 5.11 Å². The van der Waals surface area contributed by atoms with E-state index in [1.54, 1.807) is 0 Å². The fourth-order valence-electron chi connectivity index (χ4n) is 0.797. The zero-order valence-electron chi connectivity index (χ0n) is 6.42. The molecule has 0 heterocycles. The molecule has 10 heavy (non-hydrogen) atoms. The average molecular weight is 146 g/mol. The Bertz CT molecular complexity index is 118. The molecule has 1 unspecified atom stereocenters. The van der Waals surface area contributed by atoms with E-state index in [9.17, 15) is 9.90 Å². The lowest BCUT2D eigenvalue weighted by Crippen LogP contribution is -2.36. The van der Waals surface area contributed by atoms with E-state index in [0.717, 1.165) is 6.42 Å². The summed E-state index contributed by atoms with van der Waals surface area (Å²) < 4.78 is 0. The van der Waals surface area contributed by atoms with Crippen molar-refractivity contribution in [2.24, 2.45) is 0 Å². The lowest BCUT2D eigenvalue weighted by molar-refractivity contribution is -0.139. The summed E-state index contributed by atoms with van der Waals surface area (Å²) in [4.78, 5) is 10.7. The normalized spacial score (nSPS) is 16.4. The first-order chi connectivity index (χ1) is 4.54. The van der Waals surface area contributed by atoms with E-state index in [0.29, 0.717) is 6.42 Å². The molecule has 0 fully saturated rings. The van der Waals surface area contributed by atoms with Crippen molar-refractivity contribution < 1.29 is 15.0 Å². The number of Topliss-reactive ketones (excluding diaryl/α,β-unsaturated/α-hetero) is 1. The van der Waals surface area contributed by atoms with Crippen molar-refractivity contribution in [2.75, 3.05) is 6.61 Å². The van der Waals surface area contributed by atoms with E-state index >= 15 is 0 Å². The van der Waals surface area contributed by atoms with Crippen LogP contribution in [0.15, 0.2) is 0 Å². The molecule has 1 atom stereocenters. The minimum Gasteiger partial charge on any atom is -0.388 e. The van der Waals surface area contributed by atoms with Gasteiger partial charge >= 0.3 is 0 Å². The first-order valence-corrected chi connectivity index (χ1v) is 3.41. The van der Waals surface area contributed by atoms with Gasteiger partial charge in [0.05, 0.1) is 0 Å². The molecule has 0 aromatic heterocycles. The molecule has 0 aromatic carbocycles. The molecule has 0 amide bonds. The number of ketones is 1. The van der Waals surface area contributed by atoms with Gasteiger partial charge in [-0.15, -0.1) is 0 Å². The average Bonchev–Trinajstić information content (AvgIpc) is 1.86. The second-order valence-corrected chi connectivity index (χ2v) is 2.61. The van der Waals surface area contributed by atoms with Crippen molar-refractivity contribution in [1.82, 2.24) is 0 Å². The second-order valence-electron chi connectivity index (χ2n) is 2.61. The number of aliphatic hydroxyl groups is 2. The Morgan fingerprint density at radius 1 is 1.60 bits per heavy atom. The fraction of sp³-hybridized carbons (Fsp3) is 0.857. The lowest BCUT2D eigenvalue weighted by Gasteiger charge is -2.18. The zero-order chi connectivity index (χ0) is 8.20. The molecule has 0 saturated heterocycles. The highest BCUT2D eigenvalue weighted by atomic mass is 16.3. The van der Waals surface area contributed by atoms with Gasteiger partial charge in [0.15, 0.2) is 5.78 Å². The van der Waals surface area contributed by atoms with Gasteiger partial charge in [-0.3, -0.25) is 4.79 Å².